The Labute approximate surface area is 135 Å². The molecule has 0 fully saturated rings. The fourth-order valence-corrected chi connectivity index (χ4v) is 2.06. The normalized spacial score (nSPS) is 13.6. The Morgan fingerprint density at radius 1 is 1.09 bits per heavy atom. The van der Waals surface area contributed by atoms with E-state index in [1.54, 1.807) is 0 Å². The fourth-order valence-electron chi connectivity index (χ4n) is 2.06. The van der Waals surface area contributed by atoms with E-state index in [-0.39, 0.29) is 12.1 Å². The van der Waals surface area contributed by atoms with Crippen molar-refractivity contribution in [2.24, 2.45) is 5.41 Å². The molecule has 1 rings (SSSR count). The number of hydrogen-bond donors (Lipinski definition) is 1. The predicted octanol–water partition coefficient (Wildman–Crippen LogP) is 5.25. The number of alkyl carbamates (subject to hydrolysis) is 1. The zero-order valence-electron chi connectivity index (χ0n) is 15.1. The van der Waals surface area contributed by atoms with Crippen molar-refractivity contribution in [2.45, 2.75) is 73.0 Å². The Bertz CT molecular complexity index is 478. The van der Waals surface area contributed by atoms with Gasteiger partial charge in [0.05, 0.1) is 6.04 Å². The molecule has 124 valence electrons. The van der Waals surface area contributed by atoms with Gasteiger partial charge in [0.2, 0.25) is 0 Å². The third-order valence-corrected chi connectivity index (χ3v) is 3.38. The molecule has 1 aromatic carbocycles. The summed E-state index contributed by atoms with van der Waals surface area (Å²) in [5.74, 6) is 0. The third-order valence-electron chi connectivity index (χ3n) is 3.38. The lowest BCUT2D eigenvalue weighted by atomic mass is 9.88. The maximum Gasteiger partial charge on any atom is 0.408 e. The van der Waals surface area contributed by atoms with Gasteiger partial charge >= 0.3 is 6.09 Å². The van der Waals surface area contributed by atoms with Crippen LogP contribution in [0.15, 0.2) is 24.3 Å². The van der Waals surface area contributed by atoms with Crippen LogP contribution in [0.3, 0.4) is 0 Å². The lowest BCUT2D eigenvalue weighted by Crippen LogP contribution is -2.34. The summed E-state index contributed by atoms with van der Waals surface area (Å²) in [6, 6.07) is 8.40. The summed E-state index contributed by atoms with van der Waals surface area (Å²) in [6.45, 7) is 14.3. The number of hydrogen-bond acceptors (Lipinski definition) is 2. The SMILES string of the molecule is C[C@H](NC(=O)OC(C)(C)C)c1ccc(CCC(C)(C)C)cc1. The topological polar surface area (TPSA) is 38.3 Å². The van der Waals surface area contributed by atoms with Gasteiger partial charge in [-0.15, -0.1) is 0 Å². The molecule has 1 aromatic rings. The standard InChI is InChI=1S/C19H31NO2/c1-14(20-17(21)22-19(5,6)7)16-10-8-15(9-11-16)12-13-18(2,3)4/h8-11,14H,12-13H2,1-7H3,(H,20,21)/t14-/m0/s1. The van der Waals surface area contributed by atoms with Crippen molar-refractivity contribution >= 4 is 6.09 Å². The molecular formula is C19H31NO2. The molecule has 0 aliphatic carbocycles. The van der Waals surface area contributed by atoms with E-state index in [1.807, 2.05) is 27.7 Å². The number of ether oxygens (including phenoxy) is 1. The van der Waals surface area contributed by atoms with E-state index in [9.17, 15) is 4.79 Å². The molecule has 0 heterocycles. The molecule has 1 amide bonds. The molecule has 0 saturated heterocycles. The zero-order chi connectivity index (χ0) is 17.0. The van der Waals surface area contributed by atoms with Crippen molar-refractivity contribution in [2.75, 3.05) is 0 Å². The summed E-state index contributed by atoms with van der Waals surface area (Å²) in [7, 11) is 0. The minimum atomic E-state index is -0.472. The number of benzene rings is 1. The maximum absolute atomic E-state index is 11.8. The van der Waals surface area contributed by atoms with Gasteiger partial charge in [0, 0.05) is 0 Å². The molecule has 1 N–H and O–H groups in total. The summed E-state index contributed by atoms with van der Waals surface area (Å²) in [4.78, 5) is 11.8. The number of carbonyl (C=O) groups excluding carboxylic acids is 1. The van der Waals surface area contributed by atoms with Crippen LogP contribution in [0.4, 0.5) is 4.79 Å². The molecule has 3 heteroatoms. The molecule has 0 aliphatic heterocycles. The van der Waals surface area contributed by atoms with E-state index in [4.69, 9.17) is 4.74 Å². The van der Waals surface area contributed by atoms with Gasteiger partial charge < -0.3 is 10.1 Å². The Balaban J connectivity index is 2.57. The summed E-state index contributed by atoms with van der Waals surface area (Å²) in [6.07, 6.45) is 1.87. The zero-order valence-corrected chi connectivity index (χ0v) is 15.1. The summed E-state index contributed by atoms with van der Waals surface area (Å²) in [5.41, 5.74) is 2.30. The van der Waals surface area contributed by atoms with Gasteiger partial charge in [0.1, 0.15) is 5.60 Å². The molecule has 0 bridgehead atoms. The lowest BCUT2D eigenvalue weighted by Gasteiger charge is -2.22. The number of amides is 1. The number of aryl methyl sites for hydroxylation is 1. The first-order valence-electron chi connectivity index (χ1n) is 8.05. The van der Waals surface area contributed by atoms with Crippen molar-refractivity contribution in [1.82, 2.24) is 5.32 Å². The van der Waals surface area contributed by atoms with Crippen LogP contribution in [0, 0.1) is 5.41 Å². The molecular weight excluding hydrogens is 274 g/mol. The Morgan fingerprint density at radius 3 is 2.09 bits per heavy atom. The van der Waals surface area contributed by atoms with Gasteiger partial charge in [-0.05, 0) is 57.1 Å². The van der Waals surface area contributed by atoms with E-state index in [0.29, 0.717) is 5.41 Å². The van der Waals surface area contributed by atoms with Crippen LogP contribution in [0.1, 0.15) is 72.1 Å². The smallest absolute Gasteiger partial charge is 0.408 e. The molecule has 22 heavy (non-hydrogen) atoms. The largest absolute Gasteiger partial charge is 0.444 e. The van der Waals surface area contributed by atoms with Gasteiger partial charge in [-0.25, -0.2) is 4.79 Å². The highest BCUT2D eigenvalue weighted by Crippen LogP contribution is 2.22. The van der Waals surface area contributed by atoms with Crippen molar-refractivity contribution in [1.29, 1.82) is 0 Å². The van der Waals surface area contributed by atoms with Gasteiger partial charge in [0.25, 0.3) is 0 Å². The van der Waals surface area contributed by atoms with Crippen LogP contribution in [0.25, 0.3) is 0 Å². The minimum Gasteiger partial charge on any atom is -0.444 e. The van der Waals surface area contributed by atoms with Crippen LogP contribution in [0.2, 0.25) is 0 Å². The first-order valence-corrected chi connectivity index (χ1v) is 8.05. The van der Waals surface area contributed by atoms with Crippen LogP contribution >= 0.6 is 0 Å². The highest BCUT2D eigenvalue weighted by molar-refractivity contribution is 5.68. The summed E-state index contributed by atoms with van der Waals surface area (Å²) >= 11 is 0. The minimum absolute atomic E-state index is 0.0634. The Morgan fingerprint density at radius 2 is 1.64 bits per heavy atom. The second-order valence-corrected chi connectivity index (χ2v) is 8.17. The second kappa shape index (κ2) is 7.17. The molecule has 1 atom stereocenters. The van der Waals surface area contributed by atoms with Gasteiger partial charge in [0.15, 0.2) is 0 Å². The summed E-state index contributed by atoms with van der Waals surface area (Å²) in [5, 5.41) is 2.87. The van der Waals surface area contributed by atoms with E-state index in [0.717, 1.165) is 18.4 Å². The predicted molar refractivity (Wildman–Crippen MR) is 92.0 cm³/mol. The molecule has 0 unspecified atom stereocenters. The summed E-state index contributed by atoms with van der Waals surface area (Å²) < 4.78 is 5.28. The molecule has 0 aliphatic rings. The van der Waals surface area contributed by atoms with Gasteiger partial charge in [-0.2, -0.15) is 0 Å². The third kappa shape index (κ3) is 7.48. The van der Waals surface area contributed by atoms with Crippen molar-refractivity contribution in [3.05, 3.63) is 35.4 Å². The average molecular weight is 305 g/mol. The van der Waals surface area contributed by atoms with Crippen LogP contribution in [-0.4, -0.2) is 11.7 Å². The van der Waals surface area contributed by atoms with Crippen LogP contribution in [0.5, 0.6) is 0 Å². The number of rotatable bonds is 4. The van der Waals surface area contributed by atoms with Crippen molar-refractivity contribution < 1.29 is 9.53 Å². The fraction of sp³-hybridized carbons (Fsp3) is 0.632. The molecule has 0 spiro atoms. The molecule has 0 radical (unpaired) electrons. The molecule has 0 aromatic heterocycles. The molecule has 3 nitrogen and oxygen atoms in total. The number of carbonyl (C=O) groups is 1. The van der Waals surface area contributed by atoms with E-state index >= 15 is 0 Å². The van der Waals surface area contributed by atoms with Crippen LogP contribution in [-0.2, 0) is 11.2 Å². The van der Waals surface area contributed by atoms with Crippen LogP contribution < -0.4 is 5.32 Å². The van der Waals surface area contributed by atoms with Crippen molar-refractivity contribution in [3.63, 3.8) is 0 Å². The Kier molecular flexibility index (Phi) is 6.04. The monoisotopic (exact) mass is 305 g/mol. The van der Waals surface area contributed by atoms with E-state index in [1.165, 1.54) is 5.56 Å². The van der Waals surface area contributed by atoms with Crippen molar-refractivity contribution in [3.8, 4) is 0 Å². The number of nitrogens with one attached hydrogen (secondary N) is 1. The van der Waals surface area contributed by atoms with E-state index in [2.05, 4.69) is 50.4 Å². The highest BCUT2D eigenvalue weighted by atomic mass is 16.6. The second-order valence-electron chi connectivity index (χ2n) is 8.17. The quantitative estimate of drug-likeness (QED) is 0.825. The van der Waals surface area contributed by atoms with Gasteiger partial charge in [-0.3, -0.25) is 0 Å². The van der Waals surface area contributed by atoms with Gasteiger partial charge in [-0.1, -0.05) is 45.0 Å². The first-order chi connectivity index (χ1) is 9.96. The highest BCUT2D eigenvalue weighted by Gasteiger charge is 2.18. The lowest BCUT2D eigenvalue weighted by molar-refractivity contribution is 0.0508. The average Bonchev–Trinajstić information content (AvgIpc) is 2.33. The Hall–Kier alpha value is -1.51. The first kappa shape index (κ1) is 18.5. The van der Waals surface area contributed by atoms with E-state index < -0.39 is 5.60 Å². The maximum atomic E-state index is 11.8. The molecule has 0 saturated carbocycles.